The molecule has 154 valence electrons. The first-order valence-corrected chi connectivity index (χ1v) is 12.2. The molecule has 0 aromatic carbocycles. The molecular formula is C18H31IN4O2S2. The SMILES string of the molecule is CCNC(=NCc1csc(CC)n1)N1CCS(=O)(=O)C2(CCCCC2)C1.I. The van der Waals surface area contributed by atoms with Crippen molar-refractivity contribution in [2.24, 2.45) is 4.99 Å². The summed E-state index contributed by atoms with van der Waals surface area (Å²) in [5, 5.41) is 6.54. The average molecular weight is 527 g/mol. The molecule has 9 heteroatoms. The number of aryl methyl sites for hydroxylation is 1. The molecule has 1 aliphatic carbocycles. The number of nitrogens with zero attached hydrogens (tertiary/aromatic N) is 3. The van der Waals surface area contributed by atoms with Gasteiger partial charge in [0.15, 0.2) is 15.8 Å². The third-order valence-electron chi connectivity index (χ3n) is 5.46. The first-order valence-electron chi connectivity index (χ1n) is 9.68. The smallest absolute Gasteiger partial charge is 0.194 e. The van der Waals surface area contributed by atoms with Crippen LogP contribution in [0.2, 0.25) is 0 Å². The number of halogens is 1. The zero-order valence-corrected chi connectivity index (χ0v) is 20.2. The van der Waals surface area contributed by atoms with Crippen LogP contribution in [0, 0.1) is 0 Å². The Balaban J connectivity index is 0.00000261. The van der Waals surface area contributed by atoms with Crippen LogP contribution in [0.3, 0.4) is 0 Å². The van der Waals surface area contributed by atoms with Gasteiger partial charge >= 0.3 is 0 Å². The average Bonchev–Trinajstić information content (AvgIpc) is 3.10. The van der Waals surface area contributed by atoms with Crippen molar-refractivity contribution in [3.05, 3.63) is 16.1 Å². The molecular weight excluding hydrogens is 495 g/mol. The summed E-state index contributed by atoms with van der Waals surface area (Å²) in [4.78, 5) is 11.5. The molecule has 1 saturated heterocycles. The minimum absolute atomic E-state index is 0. The quantitative estimate of drug-likeness (QED) is 0.371. The van der Waals surface area contributed by atoms with Crippen molar-refractivity contribution in [1.29, 1.82) is 0 Å². The van der Waals surface area contributed by atoms with Crippen LogP contribution >= 0.6 is 35.3 Å². The van der Waals surface area contributed by atoms with Crippen molar-refractivity contribution in [3.63, 3.8) is 0 Å². The molecule has 2 heterocycles. The van der Waals surface area contributed by atoms with E-state index in [-0.39, 0.29) is 29.7 Å². The maximum absolute atomic E-state index is 12.8. The summed E-state index contributed by atoms with van der Waals surface area (Å²) in [5.41, 5.74) is 0.985. The number of sulfone groups is 1. The van der Waals surface area contributed by atoms with Gasteiger partial charge in [0.05, 0.1) is 27.7 Å². The highest BCUT2D eigenvalue weighted by molar-refractivity contribution is 14.0. The number of aliphatic imine (C=N–C) groups is 1. The van der Waals surface area contributed by atoms with Crippen LogP contribution in [0.4, 0.5) is 0 Å². The van der Waals surface area contributed by atoms with E-state index >= 15 is 0 Å². The Morgan fingerprint density at radius 2 is 2.07 bits per heavy atom. The van der Waals surface area contributed by atoms with Crippen molar-refractivity contribution < 1.29 is 8.42 Å². The van der Waals surface area contributed by atoms with Gasteiger partial charge in [-0.3, -0.25) is 0 Å². The van der Waals surface area contributed by atoms with Gasteiger partial charge in [0.25, 0.3) is 0 Å². The number of rotatable bonds is 4. The third-order valence-corrected chi connectivity index (χ3v) is 9.08. The Morgan fingerprint density at radius 1 is 1.33 bits per heavy atom. The number of hydrogen-bond acceptors (Lipinski definition) is 5. The van der Waals surface area contributed by atoms with Gasteiger partial charge in [0.1, 0.15) is 0 Å². The van der Waals surface area contributed by atoms with E-state index in [4.69, 9.17) is 4.99 Å². The largest absolute Gasteiger partial charge is 0.357 e. The van der Waals surface area contributed by atoms with Crippen molar-refractivity contribution >= 4 is 51.1 Å². The normalized spacial score (nSPS) is 21.7. The van der Waals surface area contributed by atoms with Gasteiger partial charge in [0, 0.05) is 25.0 Å². The molecule has 0 atom stereocenters. The summed E-state index contributed by atoms with van der Waals surface area (Å²) in [6, 6.07) is 0. The molecule has 1 aromatic heterocycles. The lowest BCUT2D eigenvalue weighted by Gasteiger charge is -2.45. The molecule has 0 amide bonds. The Kier molecular flexibility index (Phi) is 8.35. The molecule has 0 unspecified atom stereocenters. The second-order valence-electron chi connectivity index (χ2n) is 7.24. The van der Waals surface area contributed by atoms with Crippen molar-refractivity contribution in [2.45, 2.75) is 63.7 Å². The van der Waals surface area contributed by atoms with E-state index in [0.717, 1.165) is 61.7 Å². The summed E-state index contributed by atoms with van der Waals surface area (Å²) in [5.74, 6) is 1.05. The minimum Gasteiger partial charge on any atom is -0.357 e. The predicted molar refractivity (Wildman–Crippen MR) is 123 cm³/mol. The molecule has 0 radical (unpaired) electrons. The molecule has 6 nitrogen and oxygen atoms in total. The predicted octanol–water partition coefficient (Wildman–Crippen LogP) is 3.22. The molecule has 1 aromatic rings. The highest BCUT2D eigenvalue weighted by Gasteiger charge is 2.48. The van der Waals surface area contributed by atoms with Crippen molar-refractivity contribution in [1.82, 2.24) is 15.2 Å². The van der Waals surface area contributed by atoms with E-state index in [2.05, 4.69) is 27.5 Å². The lowest BCUT2D eigenvalue weighted by Crippen LogP contribution is -2.60. The topological polar surface area (TPSA) is 74.7 Å². The fourth-order valence-corrected chi connectivity index (χ4v) is 6.88. The fraction of sp³-hybridized carbons (Fsp3) is 0.778. The van der Waals surface area contributed by atoms with Gasteiger partial charge in [-0.25, -0.2) is 18.4 Å². The first kappa shape index (κ1) is 22.9. The van der Waals surface area contributed by atoms with Crippen LogP contribution in [-0.2, 0) is 22.8 Å². The van der Waals surface area contributed by atoms with Gasteiger partial charge in [-0.05, 0) is 26.2 Å². The van der Waals surface area contributed by atoms with Crippen LogP contribution in [0.15, 0.2) is 10.4 Å². The Labute approximate surface area is 184 Å². The van der Waals surface area contributed by atoms with Crippen LogP contribution in [-0.4, -0.2) is 54.4 Å². The summed E-state index contributed by atoms with van der Waals surface area (Å²) < 4.78 is 25.0. The Hall–Kier alpha value is -0.420. The van der Waals surface area contributed by atoms with Crippen molar-refractivity contribution in [3.8, 4) is 0 Å². The van der Waals surface area contributed by atoms with E-state index in [1.807, 2.05) is 6.92 Å². The Morgan fingerprint density at radius 3 is 2.70 bits per heavy atom. The summed E-state index contributed by atoms with van der Waals surface area (Å²) in [6.45, 7) is 6.55. The molecule has 0 bridgehead atoms. The highest BCUT2D eigenvalue weighted by Crippen LogP contribution is 2.38. The zero-order chi connectivity index (χ0) is 18.6. The fourth-order valence-electron chi connectivity index (χ4n) is 3.98. The molecule has 2 fully saturated rings. The third kappa shape index (κ3) is 5.14. The molecule has 1 spiro atoms. The van der Waals surface area contributed by atoms with E-state index in [9.17, 15) is 8.42 Å². The van der Waals surface area contributed by atoms with Gasteiger partial charge in [0.2, 0.25) is 0 Å². The Bertz CT molecular complexity index is 742. The first-order chi connectivity index (χ1) is 12.5. The summed E-state index contributed by atoms with van der Waals surface area (Å²) in [6.07, 6.45) is 5.70. The molecule has 1 saturated carbocycles. The lowest BCUT2D eigenvalue weighted by atomic mass is 9.87. The second-order valence-corrected chi connectivity index (χ2v) is 10.7. The molecule has 2 aliphatic rings. The monoisotopic (exact) mass is 526 g/mol. The van der Waals surface area contributed by atoms with Crippen molar-refractivity contribution in [2.75, 3.05) is 25.4 Å². The number of hydrogen-bond donors (Lipinski definition) is 1. The van der Waals surface area contributed by atoms with Crippen LogP contribution in [0.25, 0.3) is 0 Å². The standard InChI is InChI=1S/C18H30N4O2S2.HI/c1-3-16-21-15(13-25-16)12-20-17(19-4-2)22-10-11-26(23,24)18(14-22)8-6-5-7-9-18;/h13H,3-12,14H2,1-2H3,(H,19,20);1H. The molecule has 3 rings (SSSR count). The van der Waals surface area contributed by atoms with E-state index in [0.29, 0.717) is 19.6 Å². The maximum Gasteiger partial charge on any atom is 0.194 e. The van der Waals surface area contributed by atoms with E-state index in [1.54, 1.807) is 11.3 Å². The highest BCUT2D eigenvalue weighted by atomic mass is 127. The number of guanidine groups is 1. The van der Waals surface area contributed by atoms with Gasteiger partial charge in [-0.15, -0.1) is 35.3 Å². The van der Waals surface area contributed by atoms with Gasteiger partial charge in [-0.2, -0.15) is 0 Å². The summed E-state index contributed by atoms with van der Waals surface area (Å²) in [7, 11) is -3.03. The van der Waals surface area contributed by atoms with Crippen LogP contribution in [0.5, 0.6) is 0 Å². The molecule has 1 aliphatic heterocycles. The molecule has 1 N–H and O–H groups in total. The zero-order valence-electron chi connectivity index (χ0n) is 16.2. The number of thiazole rings is 1. The van der Waals surface area contributed by atoms with Gasteiger partial charge < -0.3 is 10.2 Å². The van der Waals surface area contributed by atoms with E-state index < -0.39 is 14.6 Å². The number of nitrogens with one attached hydrogen (secondary N) is 1. The molecule has 27 heavy (non-hydrogen) atoms. The number of aromatic nitrogens is 1. The summed E-state index contributed by atoms with van der Waals surface area (Å²) >= 11 is 1.67. The van der Waals surface area contributed by atoms with Crippen LogP contribution < -0.4 is 5.32 Å². The maximum atomic E-state index is 12.8. The minimum atomic E-state index is -3.03. The second kappa shape index (κ2) is 9.87. The van der Waals surface area contributed by atoms with E-state index in [1.165, 1.54) is 0 Å². The van der Waals surface area contributed by atoms with Gasteiger partial charge in [-0.1, -0.05) is 26.2 Å². The lowest BCUT2D eigenvalue weighted by molar-refractivity contribution is 0.274. The van der Waals surface area contributed by atoms with Crippen LogP contribution in [0.1, 0.15) is 56.7 Å².